The first-order valence-electron chi connectivity index (χ1n) is 13.3. The number of fused-ring (bicyclic) bond motifs is 1. The average Bonchev–Trinajstić information content (AvgIpc) is 2.83. The molecular formula is C30H46N2O3. The van der Waals surface area contributed by atoms with E-state index in [4.69, 9.17) is 9.47 Å². The lowest BCUT2D eigenvalue weighted by Crippen LogP contribution is -2.21. The second kappa shape index (κ2) is 15.3. The predicted molar refractivity (Wildman–Crippen MR) is 150 cm³/mol. The quantitative estimate of drug-likeness (QED) is 0.196. The van der Waals surface area contributed by atoms with E-state index < -0.39 is 0 Å². The maximum absolute atomic E-state index is 13.3. The van der Waals surface area contributed by atoms with Gasteiger partial charge >= 0.3 is 0 Å². The van der Waals surface area contributed by atoms with Gasteiger partial charge in [0.05, 0.1) is 12.1 Å². The molecule has 0 aliphatic heterocycles. The number of ether oxygens (including phenoxy) is 2. The summed E-state index contributed by atoms with van der Waals surface area (Å²) in [6.45, 7) is 12.6. The maximum atomic E-state index is 13.3. The van der Waals surface area contributed by atoms with Crippen LogP contribution in [0.15, 0.2) is 46.3 Å². The van der Waals surface area contributed by atoms with E-state index in [1.807, 2.05) is 19.2 Å². The minimum Gasteiger partial charge on any atom is -0.485 e. The second-order valence-electron chi connectivity index (χ2n) is 9.63. The van der Waals surface area contributed by atoms with Crippen LogP contribution in [-0.2, 0) is 7.05 Å². The van der Waals surface area contributed by atoms with Gasteiger partial charge in [-0.2, -0.15) is 0 Å². The van der Waals surface area contributed by atoms with Crippen LogP contribution < -0.4 is 20.3 Å². The van der Waals surface area contributed by atoms with Crippen molar-refractivity contribution < 1.29 is 9.47 Å². The number of allylic oxidation sites excluding steroid dienone is 3. The molecule has 0 aliphatic carbocycles. The summed E-state index contributed by atoms with van der Waals surface area (Å²) in [7, 11) is 1.81. The van der Waals surface area contributed by atoms with Gasteiger partial charge in [-0.1, -0.05) is 56.8 Å². The minimum atomic E-state index is -0.155. The molecule has 5 heteroatoms. The van der Waals surface area contributed by atoms with Gasteiger partial charge in [0.1, 0.15) is 6.61 Å². The largest absolute Gasteiger partial charge is 0.485 e. The van der Waals surface area contributed by atoms with Crippen molar-refractivity contribution in [1.29, 1.82) is 0 Å². The Bertz CT molecular complexity index is 1050. The summed E-state index contributed by atoms with van der Waals surface area (Å²) >= 11 is 0. The number of hydrogen-bond donors (Lipinski definition) is 1. The van der Waals surface area contributed by atoms with Crippen molar-refractivity contribution in [3.63, 3.8) is 0 Å². The zero-order valence-corrected chi connectivity index (χ0v) is 22.8. The fraction of sp³-hybridized carbons (Fsp3) is 0.567. The first kappa shape index (κ1) is 28.5. The van der Waals surface area contributed by atoms with Gasteiger partial charge in [0.25, 0.3) is 5.56 Å². The minimum absolute atomic E-state index is 0.155. The Kier molecular flexibility index (Phi) is 12.5. The molecule has 0 radical (unpaired) electrons. The normalized spacial score (nSPS) is 11.5. The van der Waals surface area contributed by atoms with E-state index in [1.165, 1.54) is 24.0 Å². The van der Waals surface area contributed by atoms with Crippen molar-refractivity contribution in [2.45, 2.75) is 86.0 Å². The second-order valence-corrected chi connectivity index (χ2v) is 9.63. The molecule has 1 heterocycles. The third-order valence-electron chi connectivity index (χ3n) is 6.16. The van der Waals surface area contributed by atoms with Crippen LogP contribution in [0.1, 0.15) is 86.0 Å². The average molecular weight is 483 g/mol. The third-order valence-corrected chi connectivity index (χ3v) is 6.16. The van der Waals surface area contributed by atoms with Crippen LogP contribution in [0.5, 0.6) is 11.5 Å². The molecule has 0 fully saturated rings. The molecule has 1 aromatic carbocycles. The van der Waals surface area contributed by atoms with E-state index in [-0.39, 0.29) is 5.56 Å². The number of unbranched alkanes of at least 4 members (excludes halogenated alkanes) is 4. The molecule has 0 saturated heterocycles. The number of benzene rings is 1. The van der Waals surface area contributed by atoms with Crippen molar-refractivity contribution in [3.8, 4) is 11.5 Å². The van der Waals surface area contributed by atoms with E-state index >= 15 is 0 Å². The molecule has 0 amide bonds. The van der Waals surface area contributed by atoms with Crippen molar-refractivity contribution in [3.05, 3.63) is 51.9 Å². The number of anilines is 1. The zero-order valence-electron chi connectivity index (χ0n) is 22.8. The van der Waals surface area contributed by atoms with Crippen LogP contribution in [0.25, 0.3) is 10.9 Å². The topological polar surface area (TPSA) is 52.5 Å². The van der Waals surface area contributed by atoms with Crippen molar-refractivity contribution in [2.24, 2.45) is 7.05 Å². The predicted octanol–water partition coefficient (Wildman–Crippen LogP) is 7.78. The fourth-order valence-corrected chi connectivity index (χ4v) is 3.93. The van der Waals surface area contributed by atoms with Gasteiger partial charge < -0.3 is 19.4 Å². The molecular weight excluding hydrogens is 436 g/mol. The molecule has 0 saturated carbocycles. The van der Waals surface area contributed by atoms with E-state index in [9.17, 15) is 4.79 Å². The Hall–Kier alpha value is -2.69. The SMILES string of the molecule is CCCCCCOc1c(OCC=C(C)CCC=C(C)C)c2ccc(NCCCC)cc2n(C)c1=O. The van der Waals surface area contributed by atoms with Gasteiger partial charge in [0, 0.05) is 24.7 Å². The summed E-state index contributed by atoms with van der Waals surface area (Å²) in [5, 5.41) is 4.35. The fourth-order valence-electron chi connectivity index (χ4n) is 3.93. The molecule has 0 spiro atoms. The van der Waals surface area contributed by atoms with E-state index in [0.29, 0.717) is 24.7 Å². The van der Waals surface area contributed by atoms with Gasteiger partial charge in [-0.25, -0.2) is 0 Å². The molecule has 5 nitrogen and oxygen atoms in total. The number of hydrogen-bond acceptors (Lipinski definition) is 4. The van der Waals surface area contributed by atoms with Crippen LogP contribution in [0, 0.1) is 0 Å². The Morgan fingerprint density at radius 2 is 1.74 bits per heavy atom. The molecule has 0 bridgehead atoms. The van der Waals surface area contributed by atoms with E-state index in [2.05, 4.69) is 58.2 Å². The standard InChI is InChI=1S/C30H46N2O3/c1-7-9-11-12-20-34-29-28(35-21-18-24(5)15-13-14-23(3)4)26-17-16-25(31-19-10-8-2)22-27(26)32(6)30(29)33/h14,16-18,22,31H,7-13,15,19-21H2,1-6H3. The summed E-state index contributed by atoms with van der Waals surface area (Å²) in [6.07, 6.45) is 13.0. The molecule has 35 heavy (non-hydrogen) atoms. The first-order valence-corrected chi connectivity index (χ1v) is 13.3. The van der Waals surface area contributed by atoms with Crippen LogP contribution >= 0.6 is 0 Å². The molecule has 1 aromatic heterocycles. The third kappa shape index (κ3) is 9.12. The Morgan fingerprint density at radius 3 is 2.46 bits per heavy atom. The number of aromatic nitrogens is 1. The molecule has 0 unspecified atom stereocenters. The van der Waals surface area contributed by atoms with Gasteiger partial charge in [-0.05, 0) is 70.7 Å². The van der Waals surface area contributed by atoms with Gasteiger partial charge in [-0.15, -0.1) is 0 Å². The Labute approximate surface area is 212 Å². The van der Waals surface area contributed by atoms with Crippen LogP contribution in [0.3, 0.4) is 0 Å². The highest BCUT2D eigenvalue weighted by molar-refractivity contribution is 5.90. The monoisotopic (exact) mass is 482 g/mol. The number of aryl methyl sites for hydroxylation is 1. The highest BCUT2D eigenvalue weighted by atomic mass is 16.5. The van der Waals surface area contributed by atoms with E-state index in [1.54, 1.807) is 4.57 Å². The molecule has 2 aromatic rings. The summed E-state index contributed by atoms with van der Waals surface area (Å²) in [5.41, 5.74) is 4.31. The Balaban J connectivity index is 2.33. The van der Waals surface area contributed by atoms with Crippen molar-refractivity contribution >= 4 is 16.6 Å². The molecule has 1 N–H and O–H groups in total. The molecule has 194 valence electrons. The number of pyridine rings is 1. The number of nitrogens with zero attached hydrogens (tertiary/aromatic N) is 1. The highest BCUT2D eigenvalue weighted by Gasteiger charge is 2.18. The molecule has 0 aliphatic rings. The van der Waals surface area contributed by atoms with Gasteiger partial charge in [-0.3, -0.25) is 4.79 Å². The lowest BCUT2D eigenvalue weighted by Gasteiger charge is -2.17. The number of rotatable bonds is 16. The van der Waals surface area contributed by atoms with E-state index in [0.717, 1.165) is 61.7 Å². The van der Waals surface area contributed by atoms with Crippen LogP contribution in [0.4, 0.5) is 5.69 Å². The van der Waals surface area contributed by atoms with Crippen LogP contribution in [-0.4, -0.2) is 24.3 Å². The summed E-state index contributed by atoms with van der Waals surface area (Å²) < 4.78 is 14.0. The smallest absolute Gasteiger partial charge is 0.297 e. The van der Waals surface area contributed by atoms with Crippen LogP contribution in [0.2, 0.25) is 0 Å². The summed E-state index contributed by atoms with van der Waals surface area (Å²) in [4.78, 5) is 13.3. The lowest BCUT2D eigenvalue weighted by molar-refractivity contribution is 0.273. The zero-order chi connectivity index (χ0) is 25.6. The summed E-state index contributed by atoms with van der Waals surface area (Å²) in [5.74, 6) is 0.867. The lowest BCUT2D eigenvalue weighted by atomic mass is 10.1. The summed E-state index contributed by atoms with van der Waals surface area (Å²) in [6, 6.07) is 6.12. The van der Waals surface area contributed by atoms with Gasteiger partial charge in [0.15, 0.2) is 5.75 Å². The molecule has 0 atom stereocenters. The highest BCUT2D eigenvalue weighted by Crippen LogP contribution is 2.34. The van der Waals surface area contributed by atoms with Gasteiger partial charge in [0.2, 0.25) is 5.75 Å². The van der Waals surface area contributed by atoms with Crippen molar-refractivity contribution in [2.75, 3.05) is 25.1 Å². The first-order chi connectivity index (χ1) is 16.9. The van der Waals surface area contributed by atoms with Crippen molar-refractivity contribution in [1.82, 2.24) is 4.57 Å². The maximum Gasteiger partial charge on any atom is 0.297 e. The number of nitrogens with one attached hydrogen (secondary N) is 1. The molecule has 2 rings (SSSR count). The Morgan fingerprint density at radius 1 is 0.971 bits per heavy atom.